The molecule has 1 heterocycles. The van der Waals surface area contributed by atoms with Crippen LogP contribution in [0.5, 0.6) is 0 Å². The summed E-state index contributed by atoms with van der Waals surface area (Å²) < 4.78 is 15.1. The van der Waals surface area contributed by atoms with Crippen LogP contribution in [-0.4, -0.2) is 16.0 Å². The van der Waals surface area contributed by atoms with Gasteiger partial charge in [-0.3, -0.25) is 4.99 Å². The van der Waals surface area contributed by atoms with Gasteiger partial charge < -0.3 is 0 Å². The van der Waals surface area contributed by atoms with Gasteiger partial charge in [0, 0.05) is 23.5 Å². The van der Waals surface area contributed by atoms with Crippen LogP contribution in [0, 0.1) is 5.82 Å². The second-order valence-corrected chi connectivity index (χ2v) is 5.81. The van der Waals surface area contributed by atoms with E-state index in [4.69, 9.17) is 5.10 Å². The van der Waals surface area contributed by atoms with Crippen molar-refractivity contribution >= 4 is 11.9 Å². The summed E-state index contributed by atoms with van der Waals surface area (Å²) in [5.41, 5.74) is 4.29. The second-order valence-electron chi connectivity index (χ2n) is 5.81. The number of hydrogen-bond donors (Lipinski definition) is 0. The van der Waals surface area contributed by atoms with E-state index in [0.29, 0.717) is 0 Å². The molecule has 0 saturated heterocycles. The Balaban J connectivity index is 1.79. The van der Waals surface area contributed by atoms with Crippen LogP contribution in [0.4, 0.5) is 10.1 Å². The highest BCUT2D eigenvalue weighted by Gasteiger charge is 2.11. The highest BCUT2D eigenvalue weighted by atomic mass is 19.1. The zero-order valence-corrected chi connectivity index (χ0v) is 14.0. The minimum Gasteiger partial charge on any atom is -0.256 e. The first-order valence-electron chi connectivity index (χ1n) is 8.30. The van der Waals surface area contributed by atoms with Crippen LogP contribution in [0.2, 0.25) is 0 Å². The molecule has 0 bridgehead atoms. The van der Waals surface area contributed by atoms with Crippen molar-refractivity contribution in [2.24, 2.45) is 4.99 Å². The largest absolute Gasteiger partial charge is 0.256 e. The molecule has 4 rings (SSSR count). The first-order chi connectivity index (χ1) is 12.8. The normalized spacial score (nSPS) is 11.1. The molecule has 26 heavy (non-hydrogen) atoms. The van der Waals surface area contributed by atoms with Gasteiger partial charge in [0.05, 0.1) is 11.4 Å². The Morgan fingerprint density at radius 3 is 2.15 bits per heavy atom. The van der Waals surface area contributed by atoms with E-state index in [1.165, 1.54) is 12.1 Å². The maximum atomic E-state index is 13.3. The summed E-state index contributed by atoms with van der Waals surface area (Å²) in [5.74, 6) is -0.268. The molecule has 0 unspecified atom stereocenters. The molecule has 0 spiro atoms. The number of aliphatic imine (C=N–C) groups is 1. The molecule has 1 aromatic heterocycles. The lowest BCUT2D eigenvalue weighted by Gasteiger charge is -2.00. The van der Waals surface area contributed by atoms with E-state index in [1.807, 2.05) is 71.5 Å². The lowest BCUT2D eigenvalue weighted by atomic mass is 10.1. The average Bonchev–Trinajstić information content (AvgIpc) is 3.13. The van der Waals surface area contributed by atoms with Crippen molar-refractivity contribution < 1.29 is 4.39 Å². The van der Waals surface area contributed by atoms with Crippen LogP contribution in [0.3, 0.4) is 0 Å². The van der Waals surface area contributed by atoms with Crippen molar-refractivity contribution in [2.45, 2.75) is 0 Å². The van der Waals surface area contributed by atoms with Crippen molar-refractivity contribution in [3.8, 4) is 16.9 Å². The maximum Gasteiger partial charge on any atom is 0.123 e. The van der Waals surface area contributed by atoms with Crippen LogP contribution in [0.25, 0.3) is 16.9 Å². The summed E-state index contributed by atoms with van der Waals surface area (Å²) in [6, 6.07) is 25.9. The summed E-state index contributed by atoms with van der Waals surface area (Å²) in [6.07, 6.45) is 3.72. The molecular formula is C22H16FN3. The van der Waals surface area contributed by atoms with E-state index in [0.717, 1.165) is 28.2 Å². The van der Waals surface area contributed by atoms with Crippen LogP contribution in [0.1, 0.15) is 5.56 Å². The predicted octanol–water partition coefficient (Wildman–Crippen LogP) is 5.43. The number of para-hydroxylation sites is 2. The summed E-state index contributed by atoms with van der Waals surface area (Å²) in [6.45, 7) is 0. The smallest absolute Gasteiger partial charge is 0.123 e. The number of aromatic nitrogens is 2. The minimum atomic E-state index is -0.268. The monoisotopic (exact) mass is 341 g/mol. The minimum absolute atomic E-state index is 0.268. The molecule has 0 radical (unpaired) electrons. The molecule has 0 saturated carbocycles. The molecule has 0 aliphatic carbocycles. The van der Waals surface area contributed by atoms with Crippen LogP contribution >= 0.6 is 0 Å². The third kappa shape index (κ3) is 3.44. The number of benzene rings is 3. The molecule has 4 heteroatoms. The Morgan fingerprint density at radius 2 is 1.46 bits per heavy atom. The van der Waals surface area contributed by atoms with Crippen molar-refractivity contribution in [3.63, 3.8) is 0 Å². The Labute approximate surface area is 151 Å². The highest BCUT2D eigenvalue weighted by molar-refractivity contribution is 5.90. The first-order valence-corrected chi connectivity index (χ1v) is 8.30. The molecule has 0 N–H and O–H groups in total. The van der Waals surface area contributed by atoms with Gasteiger partial charge in [-0.05, 0) is 48.5 Å². The fourth-order valence-electron chi connectivity index (χ4n) is 2.68. The number of halogens is 1. The van der Waals surface area contributed by atoms with Gasteiger partial charge in [0.15, 0.2) is 0 Å². The van der Waals surface area contributed by atoms with E-state index in [9.17, 15) is 4.39 Å². The summed E-state index contributed by atoms with van der Waals surface area (Å²) >= 11 is 0. The molecule has 4 aromatic rings. The van der Waals surface area contributed by atoms with Crippen molar-refractivity contribution in [3.05, 3.63) is 103 Å². The van der Waals surface area contributed by atoms with Gasteiger partial charge in [-0.2, -0.15) is 5.10 Å². The van der Waals surface area contributed by atoms with Crippen LogP contribution < -0.4 is 0 Å². The summed E-state index contributed by atoms with van der Waals surface area (Å²) in [4.78, 5) is 4.53. The lowest BCUT2D eigenvalue weighted by Crippen LogP contribution is -1.94. The van der Waals surface area contributed by atoms with Gasteiger partial charge >= 0.3 is 0 Å². The van der Waals surface area contributed by atoms with E-state index < -0.39 is 0 Å². The van der Waals surface area contributed by atoms with E-state index >= 15 is 0 Å². The molecule has 0 atom stereocenters. The Hall–Kier alpha value is -3.53. The van der Waals surface area contributed by atoms with Crippen molar-refractivity contribution in [2.75, 3.05) is 0 Å². The van der Waals surface area contributed by atoms with Crippen LogP contribution in [-0.2, 0) is 0 Å². The average molecular weight is 341 g/mol. The molecule has 3 aromatic carbocycles. The van der Waals surface area contributed by atoms with E-state index in [1.54, 1.807) is 18.3 Å². The Bertz CT molecular complexity index is 1020. The third-order valence-electron chi connectivity index (χ3n) is 3.99. The van der Waals surface area contributed by atoms with Gasteiger partial charge in [0.25, 0.3) is 0 Å². The maximum absolute atomic E-state index is 13.3. The molecule has 0 aliphatic heterocycles. The molecule has 126 valence electrons. The van der Waals surface area contributed by atoms with Gasteiger partial charge in [-0.1, -0.05) is 36.4 Å². The van der Waals surface area contributed by atoms with Crippen molar-refractivity contribution in [1.82, 2.24) is 9.78 Å². The Morgan fingerprint density at radius 1 is 0.808 bits per heavy atom. The predicted molar refractivity (Wildman–Crippen MR) is 103 cm³/mol. The summed E-state index contributed by atoms with van der Waals surface area (Å²) in [5, 5.41) is 4.70. The molecular weight excluding hydrogens is 325 g/mol. The molecule has 0 amide bonds. The molecule has 3 nitrogen and oxygen atoms in total. The highest BCUT2D eigenvalue weighted by Crippen LogP contribution is 2.23. The Kier molecular flexibility index (Phi) is 4.39. The number of nitrogens with zero attached hydrogens (tertiary/aromatic N) is 3. The van der Waals surface area contributed by atoms with Gasteiger partial charge in [0.1, 0.15) is 11.5 Å². The fraction of sp³-hybridized carbons (Fsp3) is 0. The van der Waals surface area contributed by atoms with Gasteiger partial charge in [-0.25, -0.2) is 9.07 Å². The number of rotatable bonds is 4. The lowest BCUT2D eigenvalue weighted by molar-refractivity contribution is 0.628. The molecule has 0 aliphatic rings. The van der Waals surface area contributed by atoms with Crippen LogP contribution in [0.15, 0.2) is 96.1 Å². The topological polar surface area (TPSA) is 30.2 Å². The zero-order valence-electron chi connectivity index (χ0n) is 14.0. The molecule has 0 fully saturated rings. The van der Waals surface area contributed by atoms with E-state index in [2.05, 4.69) is 4.99 Å². The van der Waals surface area contributed by atoms with E-state index in [-0.39, 0.29) is 5.82 Å². The standard InChI is InChI=1S/C22H16FN3/c23-19-13-11-17(12-14-19)22-18(15-24-20-7-3-1-4-8-20)16-26(25-22)21-9-5-2-6-10-21/h1-16H. The van der Waals surface area contributed by atoms with Gasteiger partial charge in [-0.15, -0.1) is 0 Å². The SMILES string of the molecule is Fc1ccc(-c2nn(-c3ccccc3)cc2C=Nc2ccccc2)cc1. The first kappa shape index (κ1) is 16.0. The van der Waals surface area contributed by atoms with Gasteiger partial charge in [0.2, 0.25) is 0 Å². The second kappa shape index (κ2) is 7.15. The zero-order chi connectivity index (χ0) is 17.8. The van der Waals surface area contributed by atoms with Crippen molar-refractivity contribution in [1.29, 1.82) is 0 Å². The fourth-order valence-corrected chi connectivity index (χ4v) is 2.68. The summed E-state index contributed by atoms with van der Waals surface area (Å²) in [7, 11) is 0. The quantitative estimate of drug-likeness (QED) is 0.455. The third-order valence-corrected chi connectivity index (χ3v) is 3.99. The number of hydrogen-bond acceptors (Lipinski definition) is 2.